The standard InChI is InChI=1S/C20H19N3O4S/c1-12(27-19(25)14-3-7-15(21)8-4-14)18(24)23-20-22-17(11-28-20)13-5-9-16(26-2)10-6-13/h3-12H,21H2,1-2H3,(H,22,23,24). The van der Waals surface area contributed by atoms with Gasteiger partial charge in [-0.25, -0.2) is 9.78 Å². The fraction of sp³-hybridized carbons (Fsp3) is 0.150. The van der Waals surface area contributed by atoms with Crippen LogP contribution < -0.4 is 15.8 Å². The molecule has 0 radical (unpaired) electrons. The number of carbonyl (C=O) groups excluding carboxylic acids is 2. The van der Waals surface area contributed by atoms with Crippen LogP contribution in [0.2, 0.25) is 0 Å². The summed E-state index contributed by atoms with van der Waals surface area (Å²) in [5.74, 6) is -0.301. The van der Waals surface area contributed by atoms with Gasteiger partial charge in [0.1, 0.15) is 5.75 Å². The maximum absolute atomic E-state index is 12.3. The van der Waals surface area contributed by atoms with Crippen LogP contribution in [0.15, 0.2) is 53.9 Å². The summed E-state index contributed by atoms with van der Waals surface area (Å²) in [5.41, 5.74) is 8.09. The molecule has 0 aliphatic rings. The zero-order valence-electron chi connectivity index (χ0n) is 15.3. The van der Waals surface area contributed by atoms with E-state index in [4.69, 9.17) is 15.2 Å². The highest BCUT2D eigenvalue weighted by atomic mass is 32.1. The topological polar surface area (TPSA) is 104 Å². The van der Waals surface area contributed by atoms with Crippen LogP contribution in [0.5, 0.6) is 5.75 Å². The van der Waals surface area contributed by atoms with Crippen LogP contribution in [0.1, 0.15) is 17.3 Å². The molecule has 3 rings (SSSR count). The van der Waals surface area contributed by atoms with Crippen LogP contribution in [0, 0.1) is 0 Å². The van der Waals surface area contributed by atoms with Gasteiger partial charge in [0.2, 0.25) is 0 Å². The number of hydrogen-bond acceptors (Lipinski definition) is 7. The summed E-state index contributed by atoms with van der Waals surface area (Å²) >= 11 is 1.29. The lowest BCUT2D eigenvalue weighted by Gasteiger charge is -2.12. The van der Waals surface area contributed by atoms with E-state index in [-0.39, 0.29) is 0 Å². The van der Waals surface area contributed by atoms with Crippen LogP contribution in [0.4, 0.5) is 10.8 Å². The lowest BCUT2D eigenvalue weighted by molar-refractivity contribution is -0.123. The molecule has 144 valence electrons. The maximum atomic E-state index is 12.3. The molecule has 3 N–H and O–H groups in total. The van der Waals surface area contributed by atoms with E-state index >= 15 is 0 Å². The molecule has 7 nitrogen and oxygen atoms in total. The Kier molecular flexibility index (Phi) is 5.90. The zero-order valence-corrected chi connectivity index (χ0v) is 16.2. The van der Waals surface area contributed by atoms with E-state index in [9.17, 15) is 9.59 Å². The third-order valence-electron chi connectivity index (χ3n) is 3.92. The van der Waals surface area contributed by atoms with Crippen molar-refractivity contribution in [1.29, 1.82) is 0 Å². The fourth-order valence-corrected chi connectivity index (χ4v) is 3.06. The summed E-state index contributed by atoms with van der Waals surface area (Å²) in [6.07, 6.45) is -0.974. The average molecular weight is 397 g/mol. The van der Waals surface area contributed by atoms with Crippen molar-refractivity contribution in [3.05, 3.63) is 59.5 Å². The second-order valence-corrected chi connectivity index (χ2v) is 6.78. The molecule has 2 aromatic carbocycles. The fourth-order valence-electron chi connectivity index (χ4n) is 2.33. The van der Waals surface area contributed by atoms with Crippen molar-refractivity contribution in [3.8, 4) is 17.0 Å². The molecule has 1 amide bonds. The summed E-state index contributed by atoms with van der Waals surface area (Å²) < 4.78 is 10.3. The number of ether oxygens (including phenoxy) is 2. The highest BCUT2D eigenvalue weighted by Gasteiger charge is 2.20. The Balaban J connectivity index is 1.60. The molecule has 28 heavy (non-hydrogen) atoms. The monoisotopic (exact) mass is 397 g/mol. The number of methoxy groups -OCH3 is 1. The number of nitrogens with one attached hydrogen (secondary N) is 1. The number of nitrogen functional groups attached to an aromatic ring is 1. The molecule has 0 aliphatic heterocycles. The van der Waals surface area contributed by atoms with Gasteiger partial charge >= 0.3 is 5.97 Å². The Hall–Kier alpha value is -3.39. The number of thiazole rings is 1. The first-order chi connectivity index (χ1) is 13.5. The molecule has 1 atom stereocenters. The SMILES string of the molecule is COc1ccc(-c2csc(NC(=O)C(C)OC(=O)c3ccc(N)cc3)n2)cc1. The second-order valence-electron chi connectivity index (χ2n) is 5.93. The van der Waals surface area contributed by atoms with Crippen molar-refractivity contribution in [2.24, 2.45) is 0 Å². The van der Waals surface area contributed by atoms with Crippen LogP contribution in [-0.2, 0) is 9.53 Å². The van der Waals surface area contributed by atoms with Gasteiger partial charge in [-0.2, -0.15) is 0 Å². The summed E-state index contributed by atoms with van der Waals surface area (Å²) in [6.45, 7) is 1.50. The van der Waals surface area contributed by atoms with Crippen LogP contribution >= 0.6 is 11.3 Å². The van der Waals surface area contributed by atoms with Gasteiger partial charge in [0.05, 0.1) is 18.4 Å². The first kappa shape index (κ1) is 19.4. The molecule has 3 aromatic rings. The minimum atomic E-state index is -0.974. The van der Waals surface area contributed by atoms with E-state index in [2.05, 4.69) is 10.3 Å². The van der Waals surface area contributed by atoms with Crippen LogP contribution in [0.25, 0.3) is 11.3 Å². The summed E-state index contributed by atoms with van der Waals surface area (Å²) in [4.78, 5) is 28.8. The van der Waals surface area contributed by atoms with E-state index < -0.39 is 18.0 Å². The molecule has 0 saturated heterocycles. The molecule has 1 heterocycles. The Morgan fingerprint density at radius 2 is 1.79 bits per heavy atom. The van der Waals surface area contributed by atoms with Crippen molar-refractivity contribution >= 4 is 34.0 Å². The summed E-state index contributed by atoms with van der Waals surface area (Å²) in [6, 6.07) is 13.7. The van der Waals surface area contributed by atoms with E-state index in [0.717, 1.165) is 17.0 Å². The van der Waals surface area contributed by atoms with Crippen molar-refractivity contribution in [2.45, 2.75) is 13.0 Å². The lowest BCUT2D eigenvalue weighted by atomic mass is 10.2. The number of nitrogens with zero attached hydrogens (tertiary/aromatic N) is 1. The molecule has 1 unspecified atom stereocenters. The first-order valence-electron chi connectivity index (χ1n) is 8.43. The number of esters is 1. The third-order valence-corrected chi connectivity index (χ3v) is 4.68. The first-order valence-corrected chi connectivity index (χ1v) is 9.31. The number of hydrogen-bond donors (Lipinski definition) is 2. The number of rotatable bonds is 6. The minimum absolute atomic E-state index is 0.324. The van der Waals surface area contributed by atoms with E-state index in [1.807, 2.05) is 29.6 Å². The van der Waals surface area contributed by atoms with Crippen molar-refractivity contribution in [1.82, 2.24) is 4.98 Å². The van der Waals surface area contributed by atoms with Gasteiger partial charge in [0.25, 0.3) is 5.91 Å². The van der Waals surface area contributed by atoms with E-state index in [1.54, 1.807) is 31.4 Å². The molecule has 0 spiro atoms. The highest BCUT2D eigenvalue weighted by Crippen LogP contribution is 2.26. The second kappa shape index (κ2) is 8.53. The largest absolute Gasteiger partial charge is 0.497 e. The highest BCUT2D eigenvalue weighted by molar-refractivity contribution is 7.14. The predicted octanol–water partition coefficient (Wildman–Crippen LogP) is 3.58. The number of aromatic nitrogens is 1. The normalized spacial score (nSPS) is 11.5. The van der Waals surface area contributed by atoms with Gasteiger partial charge in [-0.3, -0.25) is 10.1 Å². The predicted molar refractivity (Wildman–Crippen MR) is 108 cm³/mol. The van der Waals surface area contributed by atoms with Gasteiger partial charge in [0, 0.05) is 16.6 Å². The number of carbonyl (C=O) groups is 2. The molecule has 1 aromatic heterocycles. The van der Waals surface area contributed by atoms with Gasteiger partial charge < -0.3 is 15.2 Å². The Morgan fingerprint density at radius 1 is 1.11 bits per heavy atom. The molecule has 0 fully saturated rings. The van der Waals surface area contributed by atoms with Crippen LogP contribution in [-0.4, -0.2) is 30.1 Å². The number of benzene rings is 2. The van der Waals surface area contributed by atoms with Crippen molar-refractivity contribution in [2.75, 3.05) is 18.2 Å². The quantitative estimate of drug-likeness (QED) is 0.487. The van der Waals surface area contributed by atoms with Crippen molar-refractivity contribution < 1.29 is 19.1 Å². The molecule has 8 heteroatoms. The zero-order chi connectivity index (χ0) is 20.1. The molecule has 0 bridgehead atoms. The van der Waals surface area contributed by atoms with E-state index in [0.29, 0.717) is 16.4 Å². The third kappa shape index (κ3) is 4.66. The maximum Gasteiger partial charge on any atom is 0.338 e. The van der Waals surface area contributed by atoms with Crippen molar-refractivity contribution in [3.63, 3.8) is 0 Å². The number of amides is 1. The van der Waals surface area contributed by atoms with Gasteiger partial charge in [-0.15, -0.1) is 11.3 Å². The lowest BCUT2D eigenvalue weighted by Crippen LogP contribution is -2.29. The Labute approximate surface area is 166 Å². The van der Waals surface area contributed by atoms with E-state index in [1.165, 1.54) is 18.3 Å². The van der Waals surface area contributed by atoms with Crippen LogP contribution in [0.3, 0.4) is 0 Å². The molecule has 0 aliphatic carbocycles. The molecule has 0 saturated carbocycles. The summed E-state index contributed by atoms with van der Waals surface area (Å²) in [7, 11) is 1.60. The summed E-state index contributed by atoms with van der Waals surface area (Å²) in [5, 5.41) is 4.93. The number of anilines is 2. The molecular weight excluding hydrogens is 378 g/mol. The van der Waals surface area contributed by atoms with Gasteiger partial charge in [-0.1, -0.05) is 0 Å². The van der Waals surface area contributed by atoms with Gasteiger partial charge in [0.15, 0.2) is 11.2 Å². The minimum Gasteiger partial charge on any atom is -0.497 e. The molecular formula is C20H19N3O4S. The number of nitrogens with two attached hydrogens (primary N) is 1. The Bertz CT molecular complexity index is 968. The van der Waals surface area contributed by atoms with Gasteiger partial charge in [-0.05, 0) is 55.5 Å². The Morgan fingerprint density at radius 3 is 2.43 bits per heavy atom. The average Bonchev–Trinajstić information content (AvgIpc) is 3.17. The smallest absolute Gasteiger partial charge is 0.338 e.